The first kappa shape index (κ1) is 16.8. The van der Waals surface area contributed by atoms with Gasteiger partial charge in [-0.3, -0.25) is 4.79 Å². The van der Waals surface area contributed by atoms with Crippen molar-refractivity contribution in [3.63, 3.8) is 0 Å². The van der Waals surface area contributed by atoms with E-state index in [0.29, 0.717) is 24.9 Å². The third-order valence-corrected chi connectivity index (χ3v) is 4.23. The van der Waals surface area contributed by atoms with Crippen molar-refractivity contribution in [1.29, 1.82) is 0 Å². The number of carbonyl (C=O) groups is 1. The normalized spacial score (nSPS) is 20.7. The molecule has 1 saturated carbocycles. The maximum Gasteiger partial charge on any atom is 0.223 e. The van der Waals surface area contributed by atoms with Crippen LogP contribution in [0.15, 0.2) is 18.2 Å². The van der Waals surface area contributed by atoms with Gasteiger partial charge in [0.15, 0.2) is 0 Å². The van der Waals surface area contributed by atoms with Crippen molar-refractivity contribution in [3.8, 4) is 0 Å². The minimum atomic E-state index is -3.22. The lowest BCUT2D eigenvalue weighted by Crippen LogP contribution is -2.30. The molecule has 2 atom stereocenters. The fourth-order valence-corrected chi connectivity index (χ4v) is 2.83. The fourth-order valence-electron chi connectivity index (χ4n) is 2.32. The number of sulfonamides is 1. The standard InChI is InChI=1S/C14H18F2N2O3S/c1-22(20,21)18-6-2-5-17-14(19)12-8-11(12)10-4-3-9(15)7-13(10)16/h3-4,7,11-12,18H,2,5-6,8H2,1H3,(H,17,19)/t11-,12+/m1/s1. The quantitative estimate of drug-likeness (QED) is 0.735. The fraction of sp³-hybridized carbons (Fsp3) is 0.500. The number of rotatable bonds is 7. The molecule has 0 spiro atoms. The Labute approximate surface area is 128 Å². The summed E-state index contributed by atoms with van der Waals surface area (Å²) in [6, 6.07) is 3.38. The lowest BCUT2D eigenvalue weighted by molar-refractivity contribution is -0.122. The number of amides is 1. The largest absolute Gasteiger partial charge is 0.356 e. The molecule has 1 aliphatic carbocycles. The molecule has 1 aromatic carbocycles. The number of hydrogen-bond donors (Lipinski definition) is 2. The summed E-state index contributed by atoms with van der Waals surface area (Å²) in [5.74, 6) is -1.97. The lowest BCUT2D eigenvalue weighted by Gasteiger charge is -2.06. The monoisotopic (exact) mass is 332 g/mol. The first-order valence-electron chi connectivity index (χ1n) is 6.95. The van der Waals surface area contributed by atoms with Gasteiger partial charge in [-0.15, -0.1) is 0 Å². The van der Waals surface area contributed by atoms with E-state index in [9.17, 15) is 22.0 Å². The van der Waals surface area contributed by atoms with Crippen LogP contribution in [0.3, 0.4) is 0 Å². The van der Waals surface area contributed by atoms with Crippen LogP contribution >= 0.6 is 0 Å². The second-order valence-corrected chi connectivity index (χ2v) is 7.26. The minimum absolute atomic E-state index is 0.187. The molecule has 1 amide bonds. The maximum atomic E-state index is 13.6. The van der Waals surface area contributed by atoms with Crippen molar-refractivity contribution in [2.24, 2.45) is 5.92 Å². The topological polar surface area (TPSA) is 75.3 Å². The number of benzene rings is 1. The second kappa shape index (κ2) is 6.70. The second-order valence-electron chi connectivity index (χ2n) is 5.43. The predicted octanol–water partition coefficient (Wildman–Crippen LogP) is 1.12. The van der Waals surface area contributed by atoms with Gasteiger partial charge in [0.05, 0.1) is 6.26 Å². The molecule has 5 nitrogen and oxygen atoms in total. The summed E-state index contributed by atoms with van der Waals surface area (Å²) in [5, 5.41) is 2.69. The van der Waals surface area contributed by atoms with E-state index in [1.54, 1.807) is 0 Å². The molecule has 0 bridgehead atoms. The summed E-state index contributed by atoms with van der Waals surface area (Å²) in [6.45, 7) is 0.594. The van der Waals surface area contributed by atoms with Crippen LogP contribution in [0.2, 0.25) is 0 Å². The van der Waals surface area contributed by atoms with E-state index < -0.39 is 21.7 Å². The average molecular weight is 332 g/mol. The molecule has 22 heavy (non-hydrogen) atoms. The number of hydrogen-bond acceptors (Lipinski definition) is 3. The maximum absolute atomic E-state index is 13.6. The molecular formula is C14H18F2N2O3S. The summed E-state index contributed by atoms with van der Waals surface area (Å²) >= 11 is 0. The highest BCUT2D eigenvalue weighted by Crippen LogP contribution is 2.48. The number of carbonyl (C=O) groups excluding carboxylic acids is 1. The smallest absolute Gasteiger partial charge is 0.223 e. The molecule has 1 fully saturated rings. The highest BCUT2D eigenvalue weighted by Gasteiger charge is 2.45. The van der Waals surface area contributed by atoms with E-state index in [0.717, 1.165) is 12.3 Å². The summed E-state index contributed by atoms with van der Waals surface area (Å²) in [5.41, 5.74) is 0.361. The molecule has 0 aliphatic heterocycles. The highest BCUT2D eigenvalue weighted by molar-refractivity contribution is 7.88. The van der Waals surface area contributed by atoms with Crippen LogP contribution in [0.1, 0.15) is 24.3 Å². The van der Waals surface area contributed by atoms with Crippen LogP contribution in [0.25, 0.3) is 0 Å². The van der Waals surface area contributed by atoms with E-state index in [2.05, 4.69) is 10.0 Å². The third kappa shape index (κ3) is 4.74. The van der Waals surface area contributed by atoms with Gasteiger partial charge in [0, 0.05) is 25.1 Å². The molecule has 0 unspecified atom stereocenters. The van der Waals surface area contributed by atoms with Crippen LogP contribution in [0, 0.1) is 17.6 Å². The van der Waals surface area contributed by atoms with Gasteiger partial charge in [-0.1, -0.05) is 6.07 Å². The molecule has 0 aromatic heterocycles. The van der Waals surface area contributed by atoms with Gasteiger partial charge in [-0.25, -0.2) is 21.9 Å². The Balaban J connectivity index is 1.74. The van der Waals surface area contributed by atoms with E-state index >= 15 is 0 Å². The van der Waals surface area contributed by atoms with E-state index in [1.807, 2.05) is 0 Å². The van der Waals surface area contributed by atoms with E-state index in [-0.39, 0.29) is 24.3 Å². The Bertz CT molecular complexity index is 664. The van der Waals surface area contributed by atoms with E-state index in [1.165, 1.54) is 12.1 Å². The summed E-state index contributed by atoms with van der Waals surface area (Å²) < 4.78 is 50.5. The SMILES string of the molecule is CS(=O)(=O)NCCCNC(=O)[C@H]1C[C@@H]1c1ccc(F)cc1F. The van der Waals surface area contributed by atoms with Gasteiger partial charge in [0.2, 0.25) is 15.9 Å². The van der Waals surface area contributed by atoms with Crippen LogP contribution in [0.4, 0.5) is 8.78 Å². The van der Waals surface area contributed by atoms with Crippen molar-refractivity contribution >= 4 is 15.9 Å². The van der Waals surface area contributed by atoms with Crippen molar-refractivity contribution in [1.82, 2.24) is 10.0 Å². The Morgan fingerprint density at radius 1 is 1.32 bits per heavy atom. The molecular weight excluding hydrogens is 314 g/mol. The molecule has 0 radical (unpaired) electrons. The van der Waals surface area contributed by atoms with Crippen LogP contribution < -0.4 is 10.0 Å². The predicted molar refractivity (Wildman–Crippen MR) is 77.7 cm³/mol. The molecule has 122 valence electrons. The lowest BCUT2D eigenvalue weighted by atomic mass is 10.1. The molecule has 8 heteroatoms. The van der Waals surface area contributed by atoms with Gasteiger partial charge in [0.25, 0.3) is 0 Å². The average Bonchev–Trinajstić information content (AvgIpc) is 3.17. The zero-order chi connectivity index (χ0) is 16.3. The van der Waals surface area contributed by atoms with Crippen molar-refractivity contribution in [2.75, 3.05) is 19.3 Å². The van der Waals surface area contributed by atoms with Crippen LogP contribution in [0.5, 0.6) is 0 Å². The van der Waals surface area contributed by atoms with E-state index in [4.69, 9.17) is 0 Å². The third-order valence-electron chi connectivity index (χ3n) is 3.51. The summed E-state index contributed by atoms with van der Waals surface area (Å²) in [7, 11) is -3.22. The van der Waals surface area contributed by atoms with Gasteiger partial charge in [-0.05, 0) is 30.4 Å². The zero-order valence-electron chi connectivity index (χ0n) is 12.1. The molecule has 1 aliphatic rings. The molecule has 0 saturated heterocycles. The van der Waals surface area contributed by atoms with Gasteiger partial charge in [-0.2, -0.15) is 0 Å². The van der Waals surface area contributed by atoms with Crippen molar-refractivity contribution < 1.29 is 22.0 Å². The Hall–Kier alpha value is -1.54. The summed E-state index contributed by atoms with van der Waals surface area (Å²) in [4.78, 5) is 11.9. The van der Waals surface area contributed by atoms with Gasteiger partial charge < -0.3 is 5.32 Å². The number of halogens is 2. The molecule has 0 heterocycles. The van der Waals surface area contributed by atoms with Crippen molar-refractivity contribution in [2.45, 2.75) is 18.8 Å². The Morgan fingerprint density at radius 3 is 2.68 bits per heavy atom. The molecule has 2 N–H and O–H groups in total. The first-order chi connectivity index (χ1) is 10.3. The first-order valence-corrected chi connectivity index (χ1v) is 8.84. The zero-order valence-corrected chi connectivity index (χ0v) is 12.9. The van der Waals surface area contributed by atoms with Gasteiger partial charge >= 0.3 is 0 Å². The highest BCUT2D eigenvalue weighted by atomic mass is 32.2. The van der Waals surface area contributed by atoms with Crippen LogP contribution in [-0.4, -0.2) is 33.7 Å². The molecule has 2 rings (SSSR count). The van der Waals surface area contributed by atoms with Crippen LogP contribution in [-0.2, 0) is 14.8 Å². The molecule has 1 aromatic rings. The number of nitrogens with one attached hydrogen (secondary N) is 2. The Kier molecular flexibility index (Phi) is 5.12. The summed E-state index contributed by atoms with van der Waals surface area (Å²) in [6.07, 6.45) is 2.08. The Morgan fingerprint density at radius 2 is 2.05 bits per heavy atom. The van der Waals surface area contributed by atoms with Crippen molar-refractivity contribution in [3.05, 3.63) is 35.4 Å². The minimum Gasteiger partial charge on any atom is -0.356 e. The van der Waals surface area contributed by atoms with Gasteiger partial charge in [0.1, 0.15) is 11.6 Å².